The summed E-state index contributed by atoms with van der Waals surface area (Å²) in [6.45, 7) is 7.17. The van der Waals surface area contributed by atoms with Crippen molar-refractivity contribution in [2.45, 2.75) is 33.4 Å². The lowest BCUT2D eigenvalue weighted by molar-refractivity contribution is 0.243. The number of nitrogens with two attached hydrogens (primary N) is 1. The molecule has 0 amide bonds. The summed E-state index contributed by atoms with van der Waals surface area (Å²) in [7, 11) is 5.85. The molecule has 1 heterocycles. The van der Waals surface area contributed by atoms with Gasteiger partial charge >= 0.3 is 0 Å². The summed E-state index contributed by atoms with van der Waals surface area (Å²) < 4.78 is 0. The molecule has 1 aromatic carbocycles. The summed E-state index contributed by atoms with van der Waals surface area (Å²) >= 11 is 0. The molecule has 1 unspecified atom stereocenters. The van der Waals surface area contributed by atoms with E-state index in [1.807, 2.05) is 19.0 Å². The van der Waals surface area contributed by atoms with Gasteiger partial charge in [-0.3, -0.25) is 4.90 Å². The quantitative estimate of drug-likeness (QED) is 0.913. The Morgan fingerprint density at radius 2 is 1.78 bits per heavy atom. The first-order valence-corrected chi connectivity index (χ1v) is 7.73. The summed E-state index contributed by atoms with van der Waals surface area (Å²) in [4.78, 5) is 17.0. The van der Waals surface area contributed by atoms with E-state index in [0.29, 0.717) is 11.8 Å². The van der Waals surface area contributed by atoms with Crippen LogP contribution in [0.25, 0.3) is 0 Å². The van der Waals surface area contributed by atoms with Crippen LogP contribution in [0.15, 0.2) is 18.2 Å². The lowest BCUT2D eigenvalue weighted by Crippen LogP contribution is -2.26. The fourth-order valence-electron chi connectivity index (χ4n) is 2.41. The average Bonchev–Trinajstić information content (AvgIpc) is 2.48. The van der Waals surface area contributed by atoms with Crippen molar-refractivity contribution in [1.29, 1.82) is 0 Å². The molecule has 0 bridgehead atoms. The Balaban J connectivity index is 2.20. The lowest BCUT2D eigenvalue weighted by atomic mass is 10.0. The highest BCUT2D eigenvalue weighted by Crippen LogP contribution is 2.21. The Bertz CT molecular complexity index is 683. The molecule has 2 rings (SSSR count). The molecule has 0 saturated carbocycles. The SMILES string of the molecule is Cc1ccc(CN(C)C(C)c2nc(N)nc(N(C)C)n2)c(C)c1. The first kappa shape index (κ1) is 17.1. The summed E-state index contributed by atoms with van der Waals surface area (Å²) in [6, 6.07) is 6.57. The largest absolute Gasteiger partial charge is 0.368 e. The highest BCUT2D eigenvalue weighted by Gasteiger charge is 2.18. The van der Waals surface area contributed by atoms with Crippen molar-refractivity contribution in [2.24, 2.45) is 0 Å². The molecule has 0 saturated heterocycles. The molecule has 0 aliphatic carbocycles. The number of hydrogen-bond acceptors (Lipinski definition) is 6. The van der Waals surface area contributed by atoms with Crippen LogP contribution in [-0.4, -0.2) is 41.0 Å². The molecule has 0 spiro atoms. The molecule has 23 heavy (non-hydrogen) atoms. The van der Waals surface area contributed by atoms with Crippen molar-refractivity contribution in [3.05, 3.63) is 40.7 Å². The van der Waals surface area contributed by atoms with Crippen molar-refractivity contribution >= 4 is 11.9 Å². The maximum Gasteiger partial charge on any atom is 0.229 e. The summed E-state index contributed by atoms with van der Waals surface area (Å²) in [5.41, 5.74) is 9.71. The third kappa shape index (κ3) is 4.16. The number of aryl methyl sites for hydroxylation is 2. The minimum absolute atomic E-state index is 0.0414. The predicted octanol–water partition coefficient (Wildman–Crippen LogP) is 2.33. The fourth-order valence-corrected chi connectivity index (χ4v) is 2.41. The van der Waals surface area contributed by atoms with Crippen molar-refractivity contribution < 1.29 is 0 Å². The average molecular weight is 314 g/mol. The van der Waals surface area contributed by atoms with Crippen molar-refractivity contribution in [1.82, 2.24) is 19.9 Å². The summed E-state index contributed by atoms with van der Waals surface area (Å²) in [5.74, 6) is 1.53. The molecule has 0 fully saturated rings. The van der Waals surface area contributed by atoms with Gasteiger partial charge in [-0.05, 0) is 38.9 Å². The van der Waals surface area contributed by atoms with Crippen LogP contribution in [0, 0.1) is 13.8 Å². The van der Waals surface area contributed by atoms with Crippen LogP contribution in [0.4, 0.5) is 11.9 Å². The Hall–Kier alpha value is -2.21. The lowest BCUT2D eigenvalue weighted by Gasteiger charge is -2.25. The van der Waals surface area contributed by atoms with E-state index in [4.69, 9.17) is 5.73 Å². The number of nitrogens with zero attached hydrogens (tertiary/aromatic N) is 5. The van der Waals surface area contributed by atoms with Crippen molar-refractivity contribution in [2.75, 3.05) is 31.8 Å². The van der Waals surface area contributed by atoms with E-state index in [1.165, 1.54) is 16.7 Å². The molecule has 124 valence electrons. The van der Waals surface area contributed by atoms with Crippen LogP contribution in [0.1, 0.15) is 35.5 Å². The van der Waals surface area contributed by atoms with Gasteiger partial charge in [0.15, 0.2) is 5.82 Å². The summed E-state index contributed by atoms with van der Waals surface area (Å²) in [6.07, 6.45) is 0. The van der Waals surface area contributed by atoms with E-state index in [9.17, 15) is 0 Å². The topological polar surface area (TPSA) is 71.2 Å². The minimum atomic E-state index is 0.0414. The number of anilines is 2. The van der Waals surface area contributed by atoms with Crippen LogP contribution in [0.3, 0.4) is 0 Å². The molecule has 0 radical (unpaired) electrons. The Kier molecular flexibility index (Phi) is 5.15. The maximum absolute atomic E-state index is 5.82. The number of hydrogen-bond donors (Lipinski definition) is 1. The zero-order valence-electron chi connectivity index (χ0n) is 14.8. The molecule has 0 aliphatic rings. The summed E-state index contributed by atoms with van der Waals surface area (Å²) in [5, 5.41) is 0. The van der Waals surface area contributed by atoms with Crippen LogP contribution in [0.2, 0.25) is 0 Å². The molecule has 2 aromatic rings. The highest BCUT2D eigenvalue weighted by atomic mass is 15.3. The van der Waals surface area contributed by atoms with Crippen LogP contribution < -0.4 is 10.6 Å². The van der Waals surface area contributed by atoms with Gasteiger partial charge in [-0.25, -0.2) is 0 Å². The van der Waals surface area contributed by atoms with E-state index < -0.39 is 0 Å². The number of nitrogen functional groups attached to an aromatic ring is 1. The second-order valence-electron chi connectivity index (χ2n) is 6.27. The predicted molar refractivity (Wildman–Crippen MR) is 94.4 cm³/mol. The third-order valence-corrected chi connectivity index (χ3v) is 4.01. The zero-order valence-corrected chi connectivity index (χ0v) is 14.8. The molecule has 0 aliphatic heterocycles. The van der Waals surface area contributed by atoms with E-state index in [0.717, 1.165) is 6.54 Å². The standard InChI is InChI=1S/C17H26N6/c1-11-7-8-14(12(2)9-11)10-23(6)13(3)15-19-16(18)21-17(20-15)22(4)5/h7-9,13H,10H2,1-6H3,(H2,18,19,20,21). The van der Waals surface area contributed by atoms with Crippen molar-refractivity contribution in [3.63, 3.8) is 0 Å². The van der Waals surface area contributed by atoms with E-state index in [2.05, 4.69) is 65.9 Å². The van der Waals surface area contributed by atoms with Gasteiger partial charge in [-0.1, -0.05) is 23.8 Å². The molecular formula is C17H26N6. The first-order valence-electron chi connectivity index (χ1n) is 7.73. The molecular weight excluding hydrogens is 288 g/mol. The van der Waals surface area contributed by atoms with Gasteiger partial charge in [0.25, 0.3) is 0 Å². The Labute approximate surface area is 138 Å². The monoisotopic (exact) mass is 314 g/mol. The fraction of sp³-hybridized carbons (Fsp3) is 0.471. The number of aromatic nitrogens is 3. The number of benzene rings is 1. The molecule has 6 nitrogen and oxygen atoms in total. The minimum Gasteiger partial charge on any atom is -0.368 e. The van der Waals surface area contributed by atoms with Gasteiger partial charge < -0.3 is 10.6 Å². The Morgan fingerprint density at radius 1 is 1.09 bits per heavy atom. The molecule has 2 N–H and O–H groups in total. The van der Waals surface area contributed by atoms with Crippen LogP contribution >= 0.6 is 0 Å². The normalized spacial score (nSPS) is 12.5. The maximum atomic E-state index is 5.82. The van der Waals surface area contributed by atoms with Crippen LogP contribution in [0.5, 0.6) is 0 Å². The first-order chi connectivity index (χ1) is 10.8. The van der Waals surface area contributed by atoms with Gasteiger partial charge in [0, 0.05) is 20.6 Å². The van der Waals surface area contributed by atoms with Crippen LogP contribution in [-0.2, 0) is 6.54 Å². The van der Waals surface area contributed by atoms with Gasteiger partial charge in [-0.15, -0.1) is 0 Å². The zero-order chi connectivity index (χ0) is 17.1. The van der Waals surface area contributed by atoms with Gasteiger partial charge in [0.1, 0.15) is 0 Å². The van der Waals surface area contributed by atoms with Crippen molar-refractivity contribution in [3.8, 4) is 0 Å². The van der Waals surface area contributed by atoms with E-state index in [1.54, 1.807) is 0 Å². The second kappa shape index (κ2) is 6.91. The molecule has 1 atom stereocenters. The van der Waals surface area contributed by atoms with Gasteiger partial charge in [0.05, 0.1) is 6.04 Å². The smallest absolute Gasteiger partial charge is 0.229 e. The second-order valence-corrected chi connectivity index (χ2v) is 6.27. The van der Waals surface area contributed by atoms with Gasteiger partial charge in [-0.2, -0.15) is 15.0 Å². The number of rotatable bonds is 5. The van der Waals surface area contributed by atoms with Gasteiger partial charge in [0.2, 0.25) is 11.9 Å². The molecule has 1 aromatic heterocycles. The Morgan fingerprint density at radius 3 is 2.39 bits per heavy atom. The third-order valence-electron chi connectivity index (χ3n) is 4.01. The van der Waals surface area contributed by atoms with E-state index in [-0.39, 0.29) is 12.0 Å². The molecule has 6 heteroatoms. The van der Waals surface area contributed by atoms with E-state index >= 15 is 0 Å². The highest BCUT2D eigenvalue weighted by molar-refractivity contribution is 5.33.